The van der Waals surface area contributed by atoms with Crippen LogP contribution in [0.15, 0.2) is 60.7 Å². The summed E-state index contributed by atoms with van der Waals surface area (Å²) in [6.45, 7) is 0. The average molecular weight is 376 g/mol. The number of nitro groups is 1. The average Bonchev–Trinajstić information content (AvgIpc) is 3.07. The number of benzene rings is 2. The molecule has 4 aromatic rings. The zero-order valence-electron chi connectivity index (χ0n) is 13.7. The minimum absolute atomic E-state index is 0.0958. The van der Waals surface area contributed by atoms with Crippen molar-refractivity contribution in [1.82, 2.24) is 4.40 Å². The van der Waals surface area contributed by atoms with Gasteiger partial charge in [0.2, 0.25) is 5.78 Å². The minimum Gasteiger partial charge on any atom is -0.305 e. The quantitative estimate of drug-likeness (QED) is 0.293. The molecule has 27 heavy (non-hydrogen) atoms. The van der Waals surface area contributed by atoms with Gasteiger partial charge in [-0.3, -0.25) is 14.9 Å². The molecule has 2 aromatic carbocycles. The highest BCUT2D eigenvalue weighted by atomic mass is 35.5. The largest absolute Gasteiger partial charge is 0.305 e. The smallest absolute Gasteiger partial charge is 0.269 e. The fourth-order valence-electron chi connectivity index (χ4n) is 3.14. The highest BCUT2D eigenvalue weighted by molar-refractivity contribution is 6.35. The van der Waals surface area contributed by atoms with E-state index in [0.29, 0.717) is 32.9 Å². The van der Waals surface area contributed by atoms with E-state index in [1.165, 1.54) is 30.3 Å². The Morgan fingerprint density at radius 1 is 1.07 bits per heavy atom. The van der Waals surface area contributed by atoms with Crippen LogP contribution in [0.2, 0.25) is 5.02 Å². The molecule has 0 radical (unpaired) electrons. The van der Waals surface area contributed by atoms with Crippen LogP contribution in [0.5, 0.6) is 0 Å². The molecule has 130 valence electrons. The number of hydrogen-bond acceptors (Lipinski definition) is 4. The van der Waals surface area contributed by atoms with E-state index >= 15 is 0 Å². The van der Waals surface area contributed by atoms with Crippen molar-refractivity contribution in [3.8, 4) is 6.07 Å². The van der Waals surface area contributed by atoms with Crippen LogP contribution in [0.25, 0.3) is 16.4 Å². The number of carbonyl (C=O) groups excluding carboxylic acids is 1. The lowest BCUT2D eigenvalue weighted by atomic mass is 10.1. The van der Waals surface area contributed by atoms with Crippen molar-refractivity contribution in [1.29, 1.82) is 5.26 Å². The molecule has 6 nitrogen and oxygen atoms in total. The standard InChI is InChI=1S/C20H10ClN3O3/c21-16-2-1-3-18-15(16)8-9-17-13(11-22)10-19(23(17)18)20(25)12-4-6-14(7-5-12)24(26)27/h1-10H. The summed E-state index contributed by atoms with van der Waals surface area (Å²) in [5.41, 5.74) is 2.15. The van der Waals surface area contributed by atoms with Crippen LogP contribution in [0.4, 0.5) is 5.69 Å². The van der Waals surface area contributed by atoms with Gasteiger partial charge < -0.3 is 4.40 Å². The number of non-ortho nitro benzene ring substituents is 1. The van der Waals surface area contributed by atoms with E-state index in [9.17, 15) is 20.2 Å². The van der Waals surface area contributed by atoms with Crippen molar-refractivity contribution in [2.24, 2.45) is 0 Å². The van der Waals surface area contributed by atoms with E-state index in [1.54, 1.807) is 22.6 Å². The number of halogens is 1. The SMILES string of the molecule is N#Cc1cc(C(=O)c2ccc([N+](=O)[O-])cc2)n2c1ccc1c(Cl)cccc12. The summed E-state index contributed by atoms with van der Waals surface area (Å²) in [5, 5.41) is 21.6. The van der Waals surface area contributed by atoms with Gasteiger partial charge in [0, 0.05) is 28.1 Å². The molecule has 4 rings (SSSR count). The summed E-state index contributed by atoms with van der Waals surface area (Å²) in [5.74, 6) is -0.339. The number of nitriles is 1. The summed E-state index contributed by atoms with van der Waals surface area (Å²) in [6, 6.07) is 17.9. The molecule has 0 saturated carbocycles. The summed E-state index contributed by atoms with van der Waals surface area (Å²) in [6.07, 6.45) is 0. The Morgan fingerprint density at radius 2 is 1.81 bits per heavy atom. The van der Waals surface area contributed by atoms with Gasteiger partial charge >= 0.3 is 0 Å². The van der Waals surface area contributed by atoms with E-state index in [1.807, 2.05) is 12.1 Å². The Morgan fingerprint density at radius 3 is 2.48 bits per heavy atom. The molecule has 2 aromatic heterocycles. The molecule has 7 heteroatoms. The number of nitro benzene ring substituents is 1. The lowest BCUT2D eigenvalue weighted by molar-refractivity contribution is -0.384. The zero-order valence-corrected chi connectivity index (χ0v) is 14.5. The molecule has 0 spiro atoms. The molecule has 2 heterocycles. The van der Waals surface area contributed by atoms with E-state index < -0.39 is 4.92 Å². The van der Waals surface area contributed by atoms with Crippen LogP contribution in [0.1, 0.15) is 21.6 Å². The van der Waals surface area contributed by atoms with Gasteiger partial charge in [-0.25, -0.2) is 0 Å². The van der Waals surface area contributed by atoms with Crippen LogP contribution in [-0.4, -0.2) is 15.1 Å². The normalized spacial score (nSPS) is 10.8. The molecular formula is C20H10ClN3O3. The van der Waals surface area contributed by atoms with Gasteiger partial charge in [-0.2, -0.15) is 5.26 Å². The van der Waals surface area contributed by atoms with Crippen LogP contribution in [0, 0.1) is 21.4 Å². The number of nitrogens with zero attached hydrogens (tertiary/aromatic N) is 3. The molecule has 0 aliphatic heterocycles. The zero-order chi connectivity index (χ0) is 19.1. The Bertz CT molecular complexity index is 1280. The summed E-state index contributed by atoms with van der Waals surface area (Å²) in [4.78, 5) is 23.4. The van der Waals surface area contributed by atoms with Gasteiger partial charge in [0.15, 0.2) is 0 Å². The van der Waals surface area contributed by atoms with Crippen molar-refractivity contribution in [2.45, 2.75) is 0 Å². The van der Waals surface area contributed by atoms with Crippen LogP contribution in [0.3, 0.4) is 0 Å². The van der Waals surface area contributed by atoms with Crippen molar-refractivity contribution >= 4 is 39.5 Å². The van der Waals surface area contributed by atoms with Gasteiger partial charge in [0.25, 0.3) is 5.69 Å². The molecule has 0 unspecified atom stereocenters. The first-order valence-electron chi connectivity index (χ1n) is 7.93. The van der Waals surface area contributed by atoms with Gasteiger partial charge in [-0.05, 0) is 42.5 Å². The number of aromatic nitrogens is 1. The number of hydrogen-bond donors (Lipinski definition) is 0. The molecule has 0 aliphatic carbocycles. The second kappa shape index (κ2) is 6.24. The van der Waals surface area contributed by atoms with Crippen molar-refractivity contribution in [2.75, 3.05) is 0 Å². The van der Waals surface area contributed by atoms with Crippen LogP contribution in [-0.2, 0) is 0 Å². The number of ketones is 1. The number of rotatable bonds is 3. The third-order valence-electron chi connectivity index (χ3n) is 4.41. The van der Waals surface area contributed by atoms with E-state index in [0.717, 1.165) is 5.39 Å². The van der Waals surface area contributed by atoms with E-state index in [4.69, 9.17) is 11.6 Å². The Balaban J connectivity index is 1.98. The second-order valence-corrected chi connectivity index (χ2v) is 6.32. The maximum Gasteiger partial charge on any atom is 0.269 e. The van der Waals surface area contributed by atoms with Gasteiger partial charge in [-0.15, -0.1) is 0 Å². The number of fused-ring (bicyclic) bond motifs is 3. The fraction of sp³-hybridized carbons (Fsp3) is 0. The van der Waals surface area contributed by atoms with Crippen molar-refractivity contribution in [3.63, 3.8) is 0 Å². The Labute approximate surface area is 158 Å². The predicted molar refractivity (Wildman–Crippen MR) is 101 cm³/mol. The lowest BCUT2D eigenvalue weighted by Gasteiger charge is -2.08. The molecule has 0 bridgehead atoms. The Kier molecular flexibility index (Phi) is 3.87. The molecule has 0 saturated heterocycles. The van der Waals surface area contributed by atoms with Gasteiger partial charge in [-0.1, -0.05) is 17.7 Å². The lowest BCUT2D eigenvalue weighted by Crippen LogP contribution is -2.06. The van der Waals surface area contributed by atoms with E-state index in [-0.39, 0.29) is 11.5 Å². The minimum atomic E-state index is -0.524. The topological polar surface area (TPSA) is 88.4 Å². The first kappa shape index (κ1) is 16.8. The van der Waals surface area contributed by atoms with Gasteiger partial charge in [0.1, 0.15) is 6.07 Å². The van der Waals surface area contributed by atoms with Crippen LogP contribution >= 0.6 is 11.6 Å². The maximum atomic E-state index is 13.1. The fourth-order valence-corrected chi connectivity index (χ4v) is 3.37. The third kappa shape index (κ3) is 2.62. The van der Waals surface area contributed by atoms with Crippen molar-refractivity contribution in [3.05, 3.63) is 92.6 Å². The van der Waals surface area contributed by atoms with Crippen LogP contribution < -0.4 is 0 Å². The number of pyridine rings is 1. The summed E-state index contributed by atoms with van der Waals surface area (Å²) < 4.78 is 1.70. The Hall–Kier alpha value is -3.69. The highest BCUT2D eigenvalue weighted by Crippen LogP contribution is 2.29. The first-order chi connectivity index (χ1) is 13.0. The van der Waals surface area contributed by atoms with Crippen molar-refractivity contribution < 1.29 is 9.72 Å². The molecule has 0 aliphatic rings. The molecule has 0 fully saturated rings. The third-order valence-corrected chi connectivity index (χ3v) is 4.74. The molecular weight excluding hydrogens is 366 g/mol. The molecule has 0 atom stereocenters. The summed E-state index contributed by atoms with van der Waals surface area (Å²) in [7, 11) is 0. The van der Waals surface area contributed by atoms with Gasteiger partial charge in [0.05, 0.1) is 27.2 Å². The monoisotopic (exact) mass is 375 g/mol. The predicted octanol–water partition coefficient (Wildman–Crippen LogP) is 4.76. The van der Waals surface area contributed by atoms with E-state index in [2.05, 4.69) is 6.07 Å². The maximum absolute atomic E-state index is 13.1. The molecule has 0 amide bonds. The number of carbonyl (C=O) groups is 1. The summed E-state index contributed by atoms with van der Waals surface area (Å²) >= 11 is 6.27. The first-order valence-corrected chi connectivity index (χ1v) is 8.31. The molecule has 0 N–H and O–H groups in total. The second-order valence-electron chi connectivity index (χ2n) is 5.91. The highest BCUT2D eigenvalue weighted by Gasteiger charge is 2.20.